The van der Waals surface area contributed by atoms with Crippen molar-refractivity contribution in [2.24, 2.45) is 10.8 Å². The van der Waals surface area contributed by atoms with Crippen molar-refractivity contribution in [1.82, 2.24) is 9.55 Å². The van der Waals surface area contributed by atoms with Crippen LogP contribution in [0.1, 0.15) is 33.7 Å². The maximum Gasteiger partial charge on any atom is 0.178 e. The van der Waals surface area contributed by atoms with Crippen LogP contribution >= 0.6 is 12.2 Å². The molecule has 1 fully saturated rings. The van der Waals surface area contributed by atoms with Crippen molar-refractivity contribution in [1.29, 1.82) is 0 Å². The van der Waals surface area contributed by atoms with Gasteiger partial charge in [-0.25, -0.2) is 4.39 Å². The number of nitrogens with one attached hydrogen (secondary N) is 1. The molecule has 2 aromatic rings. The first kappa shape index (κ1) is 13.6. The molecular weight excluding hydrogens is 275 g/mol. The number of aromatic nitrogens is 2. The monoisotopic (exact) mass is 294 g/mol. The fourth-order valence-corrected chi connectivity index (χ4v) is 3.66. The van der Waals surface area contributed by atoms with Crippen molar-refractivity contribution in [3.05, 3.63) is 22.7 Å². The van der Waals surface area contributed by atoms with Gasteiger partial charge in [-0.2, -0.15) is 0 Å². The zero-order chi connectivity index (χ0) is 14.9. The third-order valence-corrected chi connectivity index (χ3v) is 5.49. The number of ether oxygens (including phenoxy) is 1. The second kappa shape index (κ2) is 3.85. The smallest absolute Gasteiger partial charge is 0.178 e. The Morgan fingerprint density at radius 3 is 2.35 bits per heavy atom. The molecule has 0 bridgehead atoms. The average molecular weight is 294 g/mol. The summed E-state index contributed by atoms with van der Waals surface area (Å²) in [5.41, 5.74) is 1.92. The lowest BCUT2D eigenvalue weighted by Crippen LogP contribution is -2.01. The Morgan fingerprint density at radius 1 is 1.25 bits per heavy atom. The van der Waals surface area contributed by atoms with Gasteiger partial charge in [0.15, 0.2) is 16.3 Å². The Hall–Kier alpha value is -1.36. The number of H-pyrrole nitrogens is 1. The number of nitrogens with zero attached hydrogens (tertiary/aromatic N) is 1. The maximum absolute atomic E-state index is 13.8. The van der Waals surface area contributed by atoms with E-state index in [4.69, 9.17) is 17.0 Å². The number of fused-ring (bicyclic) bond motifs is 1. The average Bonchev–Trinajstić information content (AvgIpc) is 2.62. The number of aromatic amines is 1. The zero-order valence-corrected chi connectivity index (χ0v) is 13.2. The van der Waals surface area contributed by atoms with E-state index in [1.165, 1.54) is 13.2 Å². The van der Waals surface area contributed by atoms with Gasteiger partial charge in [0.05, 0.1) is 18.1 Å². The van der Waals surface area contributed by atoms with Gasteiger partial charge in [-0.15, -0.1) is 0 Å². The summed E-state index contributed by atoms with van der Waals surface area (Å²) < 4.78 is 21.6. The van der Waals surface area contributed by atoms with E-state index in [0.29, 0.717) is 16.3 Å². The number of hydrogen-bond acceptors (Lipinski definition) is 2. The molecule has 3 rings (SSSR count). The Kier molecular flexibility index (Phi) is 2.62. The molecule has 1 aliphatic rings. The van der Waals surface area contributed by atoms with Crippen LogP contribution in [-0.4, -0.2) is 16.7 Å². The minimum Gasteiger partial charge on any atom is -0.494 e. The van der Waals surface area contributed by atoms with E-state index in [9.17, 15) is 4.39 Å². The summed E-state index contributed by atoms with van der Waals surface area (Å²) in [5.74, 6) is -0.130. The minimum atomic E-state index is -0.377. The predicted octanol–water partition coefficient (Wildman–Crippen LogP) is 4.45. The van der Waals surface area contributed by atoms with E-state index >= 15 is 0 Å². The standard InChI is InChI=1S/C15H19FN2OS/c1-14(2)12(15(14,3)4)18-10-7-11(19-5)8(16)6-9(10)17-13(18)20/h6-7,12H,1-5H3,(H,17,20). The van der Waals surface area contributed by atoms with Crippen molar-refractivity contribution < 1.29 is 9.13 Å². The summed E-state index contributed by atoms with van der Waals surface area (Å²) in [6.45, 7) is 8.94. The van der Waals surface area contributed by atoms with Crippen molar-refractivity contribution in [3.63, 3.8) is 0 Å². The maximum atomic E-state index is 13.8. The van der Waals surface area contributed by atoms with Gasteiger partial charge < -0.3 is 14.3 Å². The molecule has 1 aromatic carbocycles. The van der Waals surface area contributed by atoms with Gasteiger partial charge in [-0.1, -0.05) is 27.7 Å². The van der Waals surface area contributed by atoms with Gasteiger partial charge in [0.25, 0.3) is 0 Å². The highest BCUT2D eigenvalue weighted by atomic mass is 32.1. The summed E-state index contributed by atoms with van der Waals surface area (Å²) in [5, 5.41) is 0. The van der Waals surface area contributed by atoms with Crippen molar-refractivity contribution in [2.75, 3.05) is 7.11 Å². The molecule has 1 saturated carbocycles. The number of halogens is 1. The third kappa shape index (κ3) is 1.53. The lowest BCUT2D eigenvalue weighted by molar-refractivity contribution is 0.387. The molecule has 0 radical (unpaired) electrons. The number of hydrogen-bond donors (Lipinski definition) is 1. The fourth-order valence-electron chi connectivity index (χ4n) is 3.35. The van der Waals surface area contributed by atoms with E-state index in [2.05, 4.69) is 37.2 Å². The van der Waals surface area contributed by atoms with Crippen LogP contribution in [0.2, 0.25) is 0 Å². The first-order valence-corrected chi connectivity index (χ1v) is 7.10. The van der Waals surface area contributed by atoms with Crippen LogP contribution in [0.25, 0.3) is 11.0 Å². The van der Waals surface area contributed by atoms with Gasteiger partial charge in [0, 0.05) is 18.2 Å². The summed E-state index contributed by atoms with van der Waals surface area (Å²) in [7, 11) is 1.47. The number of benzene rings is 1. The highest BCUT2D eigenvalue weighted by molar-refractivity contribution is 7.71. The molecule has 1 N–H and O–H groups in total. The molecular formula is C15H19FN2OS. The molecule has 0 amide bonds. The van der Waals surface area contributed by atoms with Crippen molar-refractivity contribution >= 4 is 23.3 Å². The largest absolute Gasteiger partial charge is 0.494 e. The lowest BCUT2D eigenvalue weighted by atomic mass is 10.0. The molecule has 1 heterocycles. The van der Waals surface area contributed by atoms with Crippen LogP contribution < -0.4 is 4.74 Å². The topological polar surface area (TPSA) is 29.9 Å². The third-order valence-electron chi connectivity index (χ3n) is 5.19. The number of methoxy groups -OCH3 is 1. The summed E-state index contributed by atoms with van der Waals surface area (Å²) in [6.07, 6.45) is 0. The summed E-state index contributed by atoms with van der Waals surface area (Å²) >= 11 is 5.44. The van der Waals surface area contributed by atoms with E-state index in [1.807, 2.05) is 0 Å². The molecule has 0 unspecified atom stereocenters. The summed E-state index contributed by atoms with van der Waals surface area (Å²) in [4.78, 5) is 3.10. The predicted molar refractivity (Wildman–Crippen MR) is 80.2 cm³/mol. The second-order valence-corrected chi connectivity index (χ2v) is 7.04. The van der Waals surface area contributed by atoms with Gasteiger partial charge in [-0.05, 0) is 23.0 Å². The van der Waals surface area contributed by atoms with Gasteiger partial charge in [0.1, 0.15) is 0 Å². The Bertz CT molecular complexity index is 743. The van der Waals surface area contributed by atoms with Crippen LogP contribution in [0.3, 0.4) is 0 Å². The Balaban J connectivity index is 2.27. The molecule has 5 heteroatoms. The van der Waals surface area contributed by atoms with Crippen LogP contribution in [0.4, 0.5) is 4.39 Å². The molecule has 1 aromatic heterocycles. The SMILES string of the molecule is COc1cc2c(cc1F)[nH]c(=S)n2C1C(C)(C)C1(C)C. The molecule has 0 atom stereocenters. The van der Waals surface area contributed by atoms with Crippen LogP contribution in [0.5, 0.6) is 5.75 Å². The molecule has 0 spiro atoms. The van der Waals surface area contributed by atoms with Gasteiger partial charge in [-0.3, -0.25) is 0 Å². The fraction of sp³-hybridized carbons (Fsp3) is 0.533. The van der Waals surface area contributed by atoms with Crippen LogP contribution in [0, 0.1) is 21.4 Å². The molecule has 1 aliphatic carbocycles. The Morgan fingerprint density at radius 2 is 1.85 bits per heavy atom. The molecule has 108 valence electrons. The number of imidazole rings is 1. The highest BCUT2D eigenvalue weighted by Crippen LogP contribution is 2.71. The van der Waals surface area contributed by atoms with E-state index in [0.717, 1.165) is 5.52 Å². The van der Waals surface area contributed by atoms with Gasteiger partial charge in [0.2, 0.25) is 0 Å². The highest BCUT2D eigenvalue weighted by Gasteiger charge is 2.66. The van der Waals surface area contributed by atoms with Gasteiger partial charge >= 0.3 is 0 Å². The molecule has 3 nitrogen and oxygen atoms in total. The van der Waals surface area contributed by atoms with E-state index in [-0.39, 0.29) is 22.4 Å². The molecule has 0 aliphatic heterocycles. The first-order valence-electron chi connectivity index (χ1n) is 6.69. The second-order valence-electron chi connectivity index (χ2n) is 6.65. The number of rotatable bonds is 2. The normalized spacial score (nSPS) is 20.3. The summed E-state index contributed by atoms with van der Waals surface area (Å²) in [6, 6.07) is 3.47. The van der Waals surface area contributed by atoms with Crippen LogP contribution in [-0.2, 0) is 0 Å². The van der Waals surface area contributed by atoms with Crippen LogP contribution in [0.15, 0.2) is 12.1 Å². The first-order chi connectivity index (χ1) is 9.21. The molecule has 20 heavy (non-hydrogen) atoms. The minimum absolute atomic E-state index is 0.155. The van der Waals surface area contributed by atoms with Crippen molar-refractivity contribution in [2.45, 2.75) is 33.7 Å². The Labute approximate surface area is 122 Å². The van der Waals surface area contributed by atoms with Crippen molar-refractivity contribution in [3.8, 4) is 5.75 Å². The quantitative estimate of drug-likeness (QED) is 0.829. The van der Waals surface area contributed by atoms with E-state index in [1.54, 1.807) is 6.07 Å². The molecule has 0 saturated heterocycles. The van der Waals surface area contributed by atoms with E-state index < -0.39 is 0 Å². The zero-order valence-electron chi connectivity index (χ0n) is 12.4. The lowest BCUT2D eigenvalue weighted by Gasteiger charge is -2.08.